The summed E-state index contributed by atoms with van der Waals surface area (Å²) in [6, 6.07) is 0. The van der Waals surface area contributed by atoms with Crippen LogP contribution in [0.4, 0.5) is 0 Å². The molecule has 2 rings (SSSR count). The van der Waals surface area contributed by atoms with Crippen LogP contribution in [0.1, 0.15) is 19.3 Å². The molecule has 0 bridgehead atoms. The number of thioether (sulfide) groups is 1. The molecule has 0 saturated carbocycles. The zero-order valence-corrected chi connectivity index (χ0v) is 10.4. The average molecular weight is 246 g/mol. The van der Waals surface area contributed by atoms with Crippen molar-refractivity contribution < 1.29 is 19.0 Å². The molecule has 0 aromatic carbocycles. The van der Waals surface area contributed by atoms with Crippen molar-refractivity contribution >= 4 is 17.7 Å². The van der Waals surface area contributed by atoms with E-state index in [9.17, 15) is 4.79 Å². The molecule has 0 aromatic rings. The molecule has 0 aromatic heterocycles. The molecule has 2 aliphatic rings. The lowest BCUT2D eigenvalue weighted by Gasteiger charge is -2.38. The zero-order valence-electron chi connectivity index (χ0n) is 9.57. The second-order valence-corrected chi connectivity index (χ2v) is 5.30. The summed E-state index contributed by atoms with van der Waals surface area (Å²) in [5, 5.41) is 0. The van der Waals surface area contributed by atoms with Gasteiger partial charge in [-0.05, 0) is 12.2 Å². The fraction of sp³-hybridized carbons (Fsp3) is 0.909. The minimum Gasteiger partial charge on any atom is -0.469 e. The maximum atomic E-state index is 11.1. The topological polar surface area (TPSA) is 44.8 Å². The highest BCUT2D eigenvalue weighted by molar-refractivity contribution is 7.99. The Bertz CT molecular complexity index is 250. The molecule has 2 saturated heterocycles. The van der Waals surface area contributed by atoms with Gasteiger partial charge >= 0.3 is 5.97 Å². The van der Waals surface area contributed by atoms with Crippen molar-refractivity contribution in [2.24, 2.45) is 5.92 Å². The molecule has 1 unspecified atom stereocenters. The molecule has 0 N–H and O–H groups in total. The van der Waals surface area contributed by atoms with Crippen LogP contribution < -0.4 is 0 Å². The van der Waals surface area contributed by atoms with Gasteiger partial charge in [0, 0.05) is 24.5 Å². The number of ether oxygens (including phenoxy) is 3. The Morgan fingerprint density at radius 2 is 2.25 bits per heavy atom. The fourth-order valence-electron chi connectivity index (χ4n) is 2.32. The van der Waals surface area contributed by atoms with Gasteiger partial charge in [0.05, 0.1) is 20.3 Å². The second kappa shape index (κ2) is 5.38. The van der Waals surface area contributed by atoms with Crippen LogP contribution >= 0.6 is 11.8 Å². The van der Waals surface area contributed by atoms with Gasteiger partial charge in [0.1, 0.15) is 0 Å². The third kappa shape index (κ3) is 2.52. The van der Waals surface area contributed by atoms with Crippen molar-refractivity contribution in [3.63, 3.8) is 0 Å². The quantitative estimate of drug-likeness (QED) is 0.705. The van der Waals surface area contributed by atoms with E-state index in [-0.39, 0.29) is 5.97 Å². The summed E-state index contributed by atoms with van der Waals surface area (Å²) in [6.45, 7) is 1.36. The summed E-state index contributed by atoms with van der Waals surface area (Å²) in [5.41, 5.74) is 0. The van der Waals surface area contributed by atoms with E-state index in [0.29, 0.717) is 25.6 Å². The molecule has 92 valence electrons. The Morgan fingerprint density at radius 1 is 1.50 bits per heavy atom. The summed E-state index contributed by atoms with van der Waals surface area (Å²) in [6.07, 6.45) is 2.18. The SMILES string of the molecule is COC(=O)CCC1CSCCC12OCCO2. The molecule has 2 aliphatic heterocycles. The van der Waals surface area contributed by atoms with Gasteiger partial charge in [0.2, 0.25) is 0 Å². The lowest BCUT2D eigenvalue weighted by molar-refractivity contribution is -0.195. The van der Waals surface area contributed by atoms with Crippen molar-refractivity contribution in [1.82, 2.24) is 0 Å². The van der Waals surface area contributed by atoms with E-state index in [0.717, 1.165) is 24.3 Å². The number of rotatable bonds is 3. The van der Waals surface area contributed by atoms with Gasteiger partial charge < -0.3 is 14.2 Å². The molecule has 0 radical (unpaired) electrons. The first-order valence-corrected chi connectivity index (χ1v) is 6.85. The summed E-state index contributed by atoms with van der Waals surface area (Å²) < 4.78 is 16.2. The smallest absolute Gasteiger partial charge is 0.305 e. The van der Waals surface area contributed by atoms with Crippen LogP contribution in [0.3, 0.4) is 0 Å². The van der Waals surface area contributed by atoms with E-state index >= 15 is 0 Å². The van der Waals surface area contributed by atoms with Gasteiger partial charge in [-0.15, -0.1) is 0 Å². The maximum absolute atomic E-state index is 11.1. The number of hydrogen-bond donors (Lipinski definition) is 0. The Kier molecular flexibility index (Phi) is 4.10. The second-order valence-electron chi connectivity index (χ2n) is 4.15. The molecule has 2 fully saturated rings. The molecule has 0 amide bonds. The van der Waals surface area contributed by atoms with Gasteiger partial charge in [-0.1, -0.05) is 0 Å². The molecular weight excluding hydrogens is 228 g/mol. The number of hydrogen-bond acceptors (Lipinski definition) is 5. The first-order chi connectivity index (χ1) is 7.77. The third-order valence-electron chi connectivity index (χ3n) is 3.24. The normalized spacial score (nSPS) is 28.2. The molecule has 5 heteroatoms. The van der Waals surface area contributed by atoms with Gasteiger partial charge in [0.15, 0.2) is 5.79 Å². The van der Waals surface area contributed by atoms with Crippen LogP contribution in [0.15, 0.2) is 0 Å². The van der Waals surface area contributed by atoms with E-state index in [1.165, 1.54) is 7.11 Å². The van der Waals surface area contributed by atoms with E-state index in [2.05, 4.69) is 4.74 Å². The first-order valence-electron chi connectivity index (χ1n) is 5.69. The summed E-state index contributed by atoms with van der Waals surface area (Å²) >= 11 is 1.91. The van der Waals surface area contributed by atoms with E-state index < -0.39 is 5.79 Å². The number of carbonyl (C=O) groups excluding carboxylic acids is 1. The van der Waals surface area contributed by atoms with Crippen LogP contribution in [-0.4, -0.2) is 43.6 Å². The summed E-state index contributed by atoms with van der Waals surface area (Å²) in [5.74, 6) is 1.85. The van der Waals surface area contributed by atoms with Crippen molar-refractivity contribution in [2.45, 2.75) is 25.0 Å². The Balaban J connectivity index is 1.92. The minimum atomic E-state index is -0.404. The number of esters is 1. The molecule has 1 spiro atoms. The highest BCUT2D eigenvalue weighted by Crippen LogP contribution is 2.41. The van der Waals surface area contributed by atoms with E-state index in [1.54, 1.807) is 0 Å². The van der Waals surface area contributed by atoms with Crippen molar-refractivity contribution in [3.8, 4) is 0 Å². The van der Waals surface area contributed by atoms with Crippen LogP contribution in [0.25, 0.3) is 0 Å². The standard InChI is InChI=1S/C11H18O4S/c1-13-10(12)3-2-9-8-16-7-4-11(9)14-5-6-15-11/h9H,2-8H2,1H3. The highest BCUT2D eigenvalue weighted by atomic mass is 32.2. The highest BCUT2D eigenvalue weighted by Gasteiger charge is 2.45. The van der Waals surface area contributed by atoms with Crippen molar-refractivity contribution in [2.75, 3.05) is 31.8 Å². The van der Waals surface area contributed by atoms with E-state index in [4.69, 9.17) is 9.47 Å². The maximum Gasteiger partial charge on any atom is 0.305 e. The Hall–Kier alpha value is -0.260. The molecule has 2 heterocycles. The van der Waals surface area contributed by atoms with Crippen LogP contribution in [-0.2, 0) is 19.0 Å². The molecule has 16 heavy (non-hydrogen) atoms. The minimum absolute atomic E-state index is 0.149. The van der Waals surface area contributed by atoms with Gasteiger partial charge in [-0.2, -0.15) is 11.8 Å². The summed E-state index contributed by atoms with van der Waals surface area (Å²) in [7, 11) is 1.43. The lowest BCUT2D eigenvalue weighted by atomic mass is 9.92. The van der Waals surface area contributed by atoms with Gasteiger partial charge in [-0.3, -0.25) is 4.79 Å². The Morgan fingerprint density at radius 3 is 2.94 bits per heavy atom. The van der Waals surface area contributed by atoms with Crippen molar-refractivity contribution in [1.29, 1.82) is 0 Å². The Labute approximate surface area is 100 Å². The third-order valence-corrected chi connectivity index (χ3v) is 4.37. The predicted molar refractivity (Wildman–Crippen MR) is 61.3 cm³/mol. The molecule has 4 nitrogen and oxygen atoms in total. The van der Waals surface area contributed by atoms with Crippen molar-refractivity contribution in [3.05, 3.63) is 0 Å². The first kappa shape index (κ1) is 12.2. The molecule has 0 aliphatic carbocycles. The van der Waals surface area contributed by atoms with E-state index in [1.807, 2.05) is 11.8 Å². The van der Waals surface area contributed by atoms with Crippen LogP contribution in [0.2, 0.25) is 0 Å². The van der Waals surface area contributed by atoms with Crippen LogP contribution in [0, 0.1) is 5.92 Å². The van der Waals surface area contributed by atoms with Gasteiger partial charge in [-0.25, -0.2) is 0 Å². The molecule has 1 atom stereocenters. The lowest BCUT2D eigenvalue weighted by Crippen LogP contribution is -2.44. The largest absolute Gasteiger partial charge is 0.469 e. The summed E-state index contributed by atoms with van der Waals surface area (Å²) in [4.78, 5) is 11.1. The zero-order chi connectivity index (χ0) is 11.4. The molecular formula is C11H18O4S. The van der Waals surface area contributed by atoms with Crippen LogP contribution in [0.5, 0.6) is 0 Å². The van der Waals surface area contributed by atoms with Gasteiger partial charge in [0.25, 0.3) is 0 Å². The average Bonchev–Trinajstić information content (AvgIpc) is 2.77. The number of methoxy groups -OCH3 is 1. The monoisotopic (exact) mass is 246 g/mol. The number of carbonyl (C=O) groups is 1. The predicted octanol–water partition coefficient (Wildman–Crippen LogP) is 1.44. The fourth-order valence-corrected chi connectivity index (χ4v) is 3.62.